The first-order valence-electron chi connectivity index (χ1n) is 9.13. The Morgan fingerprint density at radius 1 is 1.15 bits per heavy atom. The van der Waals surface area contributed by atoms with Gasteiger partial charge < -0.3 is 19.5 Å². The normalized spacial score (nSPS) is 21.0. The van der Waals surface area contributed by atoms with Crippen LogP contribution in [0.15, 0.2) is 47.3 Å². The summed E-state index contributed by atoms with van der Waals surface area (Å²) in [5.74, 6) is 1.20. The fraction of sp³-hybridized carbons (Fsp3) is 0.400. The summed E-state index contributed by atoms with van der Waals surface area (Å²) in [6.45, 7) is 4.45. The number of hydrogen-bond acceptors (Lipinski definition) is 3. The van der Waals surface area contributed by atoms with Gasteiger partial charge in [-0.1, -0.05) is 18.2 Å². The molecule has 2 amide bonds. The van der Waals surface area contributed by atoms with E-state index in [0.29, 0.717) is 43.6 Å². The van der Waals surface area contributed by atoms with E-state index in [2.05, 4.69) is 5.32 Å². The SMILES string of the molecule is CCOc1ccccc1NC(=O)N1C[C@H]2C[C@@H](C1)c1cccc(=O)n1C2. The number of pyridine rings is 1. The third-order valence-corrected chi connectivity index (χ3v) is 5.20. The summed E-state index contributed by atoms with van der Waals surface area (Å²) < 4.78 is 7.46. The topological polar surface area (TPSA) is 63.6 Å². The van der Waals surface area contributed by atoms with Gasteiger partial charge in [0.2, 0.25) is 0 Å². The highest BCUT2D eigenvalue weighted by Gasteiger charge is 2.36. The van der Waals surface area contributed by atoms with Gasteiger partial charge in [-0.15, -0.1) is 0 Å². The minimum absolute atomic E-state index is 0.0562. The van der Waals surface area contributed by atoms with Crippen molar-refractivity contribution in [3.8, 4) is 5.75 Å². The summed E-state index contributed by atoms with van der Waals surface area (Å²) in [7, 11) is 0. The molecule has 6 heteroatoms. The Bertz CT molecular complexity index is 877. The van der Waals surface area contributed by atoms with E-state index >= 15 is 0 Å². The maximum absolute atomic E-state index is 12.8. The number of nitrogens with one attached hydrogen (secondary N) is 1. The van der Waals surface area contributed by atoms with E-state index in [1.54, 1.807) is 6.07 Å². The molecule has 2 atom stereocenters. The zero-order valence-electron chi connectivity index (χ0n) is 14.9. The summed E-state index contributed by atoms with van der Waals surface area (Å²) in [4.78, 5) is 26.8. The minimum Gasteiger partial charge on any atom is -0.492 e. The molecule has 0 aliphatic carbocycles. The number of rotatable bonds is 3. The van der Waals surface area contributed by atoms with Gasteiger partial charge in [0.05, 0.1) is 12.3 Å². The predicted octanol–water partition coefficient (Wildman–Crippen LogP) is 2.90. The average Bonchev–Trinajstić information content (AvgIpc) is 2.64. The number of nitrogens with zero attached hydrogens (tertiary/aromatic N) is 2. The maximum Gasteiger partial charge on any atom is 0.321 e. The van der Waals surface area contributed by atoms with E-state index in [1.165, 1.54) is 0 Å². The van der Waals surface area contributed by atoms with Crippen LogP contribution in [0, 0.1) is 5.92 Å². The summed E-state index contributed by atoms with van der Waals surface area (Å²) in [5.41, 5.74) is 1.79. The lowest BCUT2D eigenvalue weighted by molar-refractivity contribution is 0.139. The lowest BCUT2D eigenvalue weighted by Gasteiger charge is -2.42. The molecule has 2 aromatic rings. The van der Waals surface area contributed by atoms with Crippen molar-refractivity contribution in [2.75, 3.05) is 25.0 Å². The van der Waals surface area contributed by atoms with Crippen LogP contribution in [0.25, 0.3) is 0 Å². The number of amides is 2. The van der Waals surface area contributed by atoms with Gasteiger partial charge in [0.25, 0.3) is 5.56 Å². The van der Waals surface area contributed by atoms with Gasteiger partial charge >= 0.3 is 6.03 Å². The number of piperidine rings is 1. The molecule has 1 N–H and O–H groups in total. The molecule has 1 aromatic carbocycles. The van der Waals surface area contributed by atoms with Crippen molar-refractivity contribution in [3.05, 3.63) is 58.5 Å². The van der Waals surface area contributed by atoms with Crippen LogP contribution in [0.2, 0.25) is 0 Å². The molecule has 0 saturated carbocycles. The second kappa shape index (κ2) is 6.86. The molecule has 6 nitrogen and oxygen atoms in total. The molecule has 0 radical (unpaired) electrons. The van der Waals surface area contributed by atoms with Crippen molar-refractivity contribution in [2.24, 2.45) is 5.92 Å². The number of urea groups is 1. The summed E-state index contributed by atoms with van der Waals surface area (Å²) in [6, 6.07) is 12.8. The van der Waals surface area contributed by atoms with Crippen molar-refractivity contribution >= 4 is 11.7 Å². The lowest BCUT2D eigenvalue weighted by Crippen LogP contribution is -2.50. The highest BCUT2D eigenvalue weighted by Crippen LogP contribution is 2.35. The van der Waals surface area contributed by atoms with Crippen molar-refractivity contribution < 1.29 is 9.53 Å². The highest BCUT2D eigenvalue weighted by molar-refractivity contribution is 5.91. The van der Waals surface area contributed by atoms with Gasteiger partial charge in [0.15, 0.2) is 0 Å². The molecule has 3 heterocycles. The van der Waals surface area contributed by atoms with Gasteiger partial charge in [-0.05, 0) is 37.5 Å². The Balaban J connectivity index is 1.52. The number of aromatic nitrogens is 1. The zero-order valence-corrected chi connectivity index (χ0v) is 14.9. The van der Waals surface area contributed by atoms with E-state index in [-0.39, 0.29) is 17.5 Å². The number of ether oxygens (including phenoxy) is 1. The lowest BCUT2D eigenvalue weighted by atomic mass is 9.83. The molecule has 136 valence electrons. The Labute approximate surface area is 152 Å². The van der Waals surface area contributed by atoms with Crippen LogP contribution in [0.5, 0.6) is 5.75 Å². The molecule has 2 aliphatic rings. The fourth-order valence-corrected chi connectivity index (χ4v) is 4.11. The van der Waals surface area contributed by atoms with E-state index < -0.39 is 0 Å². The van der Waals surface area contributed by atoms with Crippen molar-refractivity contribution in [1.82, 2.24) is 9.47 Å². The van der Waals surface area contributed by atoms with Crippen LogP contribution in [-0.4, -0.2) is 35.2 Å². The Hall–Kier alpha value is -2.76. The first-order valence-corrected chi connectivity index (χ1v) is 9.13. The molecule has 4 rings (SSSR count). The predicted molar refractivity (Wildman–Crippen MR) is 99.8 cm³/mol. The standard InChI is InChI=1S/C20H23N3O3/c1-2-26-18-8-4-3-6-16(18)21-20(25)22-11-14-10-15(13-22)17-7-5-9-19(24)23(17)12-14/h3-9,14-15H,2,10-13H2,1H3,(H,21,25)/t14-,15+/m1/s1. The van der Waals surface area contributed by atoms with Crippen LogP contribution in [0.3, 0.4) is 0 Å². The number of benzene rings is 1. The zero-order chi connectivity index (χ0) is 18.1. The van der Waals surface area contributed by atoms with Crippen molar-refractivity contribution in [1.29, 1.82) is 0 Å². The van der Waals surface area contributed by atoms with E-state index in [1.807, 2.05) is 52.8 Å². The second-order valence-corrected chi connectivity index (χ2v) is 6.96. The van der Waals surface area contributed by atoms with Crippen molar-refractivity contribution in [2.45, 2.75) is 25.8 Å². The van der Waals surface area contributed by atoms with Crippen LogP contribution >= 0.6 is 0 Å². The third kappa shape index (κ3) is 3.07. The van der Waals surface area contributed by atoms with Gasteiger partial charge in [0, 0.05) is 37.3 Å². The number of likely N-dealkylation sites (tertiary alicyclic amines) is 1. The average molecular weight is 353 g/mol. The Morgan fingerprint density at radius 3 is 2.85 bits per heavy atom. The Kier molecular flexibility index (Phi) is 4.41. The second-order valence-electron chi connectivity index (χ2n) is 6.96. The molecule has 0 spiro atoms. The van der Waals surface area contributed by atoms with Crippen LogP contribution in [0.1, 0.15) is 25.0 Å². The van der Waals surface area contributed by atoms with Crippen LogP contribution in [-0.2, 0) is 6.54 Å². The van der Waals surface area contributed by atoms with Crippen LogP contribution < -0.4 is 15.6 Å². The largest absolute Gasteiger partial charge is 0.492 e. The monoisotopic (exact) mass is 353 g/mol. The minimum atomic E-state index is -0.112. The summed E-state index contributed by atoms with van der Waals surface area (Å²) in [5, 5.41) is 2.98. The van der Waals surface area contributed by atoms with E-state index in [9.17, 15) is 9.59 Å². The molecule has 2 bridgehead atoms. The third-order valence-electron chi connectivity index (χ3n) is 5.20. The number of anilines is 1. The van der Waals surface area contributed by atoms with Gasteiger partial charge in [-0.3, -0.25) is 4.79 Å². The van der Waals surface area contributed by atoms with E-state index in [0.717, 1.165) is 12.1 Å². The number of carbonyl (C=O) groups excluding carboxylic acids is 1. The smallest absolute Gasteiger partial charge is 0.321 e. The molecule has 1 saturated heterocycles. The first-order chi connectivity index (χ1) is 12.7. The van der Waals surface area contributed by atoms with Gasteiger partial charge in [-0.25, -0.2) is 4.79 Å². The van der Waals surface area contributed by atoms with Crippen molar-refractivity contribution in [3.63, 3.8) is 0 Å². The van der Waals surface area contributed by atoms with Gasteiger partial charge in [-0.2, -0.15) is 0 Å². The molecule has 0 unspecified atom stereocenters. The number of carbonyl (C=O) groups is 1. The number of para-hydroxylation sites is 2. The van der Waals surface area contributed by atoms with Crippen LogP contribution in [0.4, 0.5) is 10.5 Å². The maximum atomic E-state index is 12.8. The van der Waals surface area contributed by atoms with E-state index in [4.69, 9.17) is 4.74 Å². The number of hydrogen-bond donors (Lipinski definition) is 1. The molecule has 1 fully saturated rings. The summed E-state index contributed by atoms with van der Waals surface area (Å²) in [6.07, 6.45) is 1.03. The molecule has 2 aliphatic heterocycles. The van der Waals surface area contributed by atoms with Gasteiger partial charge in [0.1, 0.15) is 5.75 Å². The highest BCUT2D eigenvalue weighted by atomic mass is 16.5. The fourth-order valence-electron chi connectivity index (χ4n) is 4.11. The summed E-state index contributed by atoms with van der Waals surface area (Å²) >= 11 is 0. The Morgan fingerprint density at radius 2 is 2.00 bits per heavy atom. The molecule has 26 heavy (non-hydrogen) atoms. The molecular formula is C20H23N3O3. The number of fused-ring (bicyclic) bond motifs is 4. The molecule has 1 aromatic heterocycles. The molecular weight excluding hydrogens is 330 g/mol. The first kappa shape index (κ1) is 16.7. The quantitative estimate of drug-likeness (QED) is 0.923.